The van der Waals surface area contributed by atoms with Crippen LogP contribution in [0.3, 0.4) is 0 Å². The van der Waals surface area contributed by atoms with E-state index in [0.29, 0.717) is 0 Å². The van der Waals surface area contributed by atoms with Gasteiger partial charge < -0.3 is 37.9 Å². The Kier molecular flexibility index (Phi) is 59.5. The number of hydrogen-bond donors (Lipinski definition) is 0. The molecule has 0 spiro atoms. The minimum Gasteiger partial charge on any atom is -0.497 e. The van der Waals surface area contributed by atoms with Crippen LogP contribution in [0.4, 0.5) is 0 Å². The van der Waals surface area contributed by atoms with Crippen LogP contribution in [0, 0.1) is 34.0 Å². The van der Waals surface area contributed by atoms with Crippen molar-refractivity contribution in [3.8, 4) is 33.8 Å². The molecule has 0 fully saturated rings. The Morgan fingerprint density at radius 3 is 0.818 bits per heavy atom. The lowest BCUT2D eigenvalue weighted by molar-refractivity contribution is -0.159. The number of carbonyl (C=O) groups excluding carboxylic acids is 6. The third-order valence-electron chi connectivity index (χ3n) is 23.9. The fraction of sp³-hybridized carbons (Fsp3) is 0.398. The average molecular weight is 1880 g/mol. The highest BCUT2D eigenvalue weighted by atomic mass is 16.6. The van der Waals surface area contributed by atoms with E-state index in [1.165, 1.54) is 22.3 Å². The maximum absolute atomic E-state index is 12.4. The maximum atomic E-state index is 12.4. The van der Waals surface area contributed by atoms with Crippen LogP contribution in [-0.4, -0.2) is 50.0 Å². The molecule has 2 aliphatic rings. The third-order valence-corrected chi connectivity index (χ3v) is 23.9. The van der Waals surface area contributed by atoms with Crippen LogP contribution < -0.4 is 9.47 Å². The fourth-order valence-electron chi connectivity index (χ4n) is 13.6. The van der Waals surface area contributed by atoms with Crippen LogP contribution in [0.25, 0.3) is 43.8 Å². The van der Waals surface area contributed by atoms with Crippen LogP contribution in [-0.2, 0) is 57.2 Å². The van der Waals surface area contributed by atoms with E-state index in [9.17, 15) is 28.8 Å². The highest BCUT2D eigenvalue weighted by Crippen LogP contribution is 2.48. The van der Waals surface area contributed by atoms with E-state index >= 15 is 0 Å². The second kappa shape index (κ2) is 62.3. The van der Waals surface area contributed by atoms with Gasteiger partial charge in [0.1, 0.15) is 23.7 Å². The standard InChI is InChI=1S/C19H24O3.C19H20O2.C19H22O2.C18H22O3.C18H18O2.C18H20O2.12CH4/c1-6-19(3,4)18(20)22-13(2)14-7-8-16-12-17(21-5)10-9-15(16)11-14;1-4-19(2,3)18(20)21-17-15-11-7-5-9-13(15)14-10-6-8-12-16(14)17;1-4-19(2,3)18(20)21-17(15-11-7-5-8-12-15)16-13-9-6-10-14-16;1-5-12(2)18(19)21-13(3)14-6-7-16-11-17(20-4)9-8-15(16)10-14;1-3-12(2)18(19)20-17-15-10-6-4-8-13(15)14-9-5-7-11-16(14)17;1-3-14(2)18(19)20-17(15-10-6-4-7-11-15)16-12-8-5-9-13-16;;;;;;;;;;;;/h7-13H,6H2,1-5H3;5-12,17H,4H2,1-3H3;5-14,17H,4H2,1-3H3;6-13H,5H2,1-4H3;4-12,17H,3H2,1-2H3;4-14,17H,3H2,1-2H3;12*1H4. The number of carbonyl (C=O) groups is 6. The SMILES string of the molecule is C.C.C.C.C.C.C.C.C.C.C.C.CCC(C)(C)C(=O)OC(C)c1ccc2cc(OC)ccc2c1.CCC(C)(C)C(=O)OC(c1ccccc1)c1ccccc1.CCC(C)(C)C(=O)OC1c2ccccc2-c2ccccc21.CCC(C)C(=O)OC(C)c1ccc2cc(OC)ccc2c1.CCC(C)C(=O)OC(c1ccccc1)c1ccccc1.CCC(C)C(=O)OC1c2ccccc2-c2ccccc21. The first-order valence-electron chi connectivity index (χ1n) is 43.9. The first-order valence-corrected chi connectivity index (χ1v) is 43.9. The lowest BCUT2D eigenvalue weighted by atomic mass is 9.90. The Labute approximate surface area is 829 Å². The lowest BCUT2D eigenvalue weighted by Gasteiger charge is -2.26. The molecule has 14 rings (SSSR count). The molecular formula is C123H174O14. The normalized spacial score (nSPS) is 11.9. The van der Waals surface area contributed by atoms with Gasteiger partial charge in [0, 0.05) is 22.3 Å². The summed E-state index contributed by atoms with van der Waals surface area (Å²) in [7, 11) is 3.32. The topological polar surface area (TPSA) is 176 Å². The molecule has 0 saturated carbocycles. The number of fused-ring (bicyclic) bond motifs is 8. The highest BCUT2D eigenvalue weighted by molar-refractivity contribution is 5.87. The van der Waals surface area contributed by atoms with Gasteiger partial charge in [-0.25, -0.2) is 0 Å². The molecule has 0 bridgehead atoms. The van der Waals surface area contributed by atoms with E-state index in [1.807, 2.05) is 372 Å². The molecule has 14 nitrogen and oxygen atoms in total. The summed E-state index contributed by atoms with van der Waals surface area (Å²) in [6.45, 7) is 33.0. The Morgan fingerprint density at radius 1 is 0.263 bits per heavy atom. The molecule has 12 aromatic rings. The molecule has 0 radical (unpaired) electrons. The summed E-state index contributed by atoms with van der Waals surface area (Å²) in [5, 5.41) is 4.43. The minimum absolute atomic E-state index is 0. The smallest absolute Gasteiger partial charge is 0.312 e. The minimum atomic E-state index is -0.470. The van der Waals surface area contributed by atoms with Gasteiger partial charge in [-0.3, -0.25) is 28.8 Å². The number of rotatable bonds is 26. The highest BCUT2D eigenvalue weighted by Gasteiger charge is 2.37. The van der Waals surface area contributed by atoms with Crippen molar-refractivity contribution in [2.24, 2.45) is 34.0 Å². The van der Waals surface area contributed by atoms with E-state index in [2.05, 4.69) is 36.4 Å². The zero-order valence-corrected chi connectivity index (χ0v) is 76.4. The van der Waals surface area contributed by atoms with E-state index in [0.717, 1.165) is 127 Å². The number of hydrogen-bond acceptors (Lipinski definition) is 14. The lowest BCUT2D eigenvalue weighted by Crippen LogP contribution is -2.27. The monoisotopic (exact) mass is 1880 g/mol. The van der Waals surface area contributed by atoms with Crippen molar-refractivity contribution in [1.29, 1.82) is 0 Å². The molecule has 5 atom stereocenters. The third kappa shape index (κ3) is 35.0. The summed E-state index contributed by atoms with van der Waals surface area (Å²) in [5.41, 5.74) is 13.6. The van der Waals surface area contributed by atoms with Crippen LogP contribution in [0.15, 0.2) is 291 Å². The largest absolute Gasteiger partial charge is 0.497 e. The number of benzene rings is 12. The van der Waals surface area contributed by atoms with Gasteiger partial charge in [-0.05, 0) is 207 Å². The van der Waals surface area contributed by atoms with Crippen molar-refractivity contribution in [2.45, 2.75) is 282 Å². The summed E-state index contributed by atoms with van der Waals surface area (Å²) < 4.78 is 44.8. The Bertz CT molecular complexity index is 5280. The molecule has 14 heteroatoms. The molecule has 0 amide bonds. The van der Waals surface area contributed by atoms with Crippen molar-refractivity contribution < 1.29 is 66.7 Å². The fourth-order valence-corrected chi connectivity index (χ4v) is 13.6. The predicted octanol–water partition coefficient (Wildman–Crippen LogP) is 35.2. The molecule has 137 heavy (non-hydrogen) atoms. The van der Waals surface area contributed by atoms with Crippen molar-refractivity contribution in [2.75, 3.05) is 14.2 Å². The summed E-state index contributed by atoms with van der Waals surface area (Å²) in [6, 6.07) is 96.1. The number of ether oxygens (including phenoxy) is 8. The van der Waals surface area contributed by atoms with Gasteiger partial charge in [-0.15, -0.1) is 0 Å². The van der Waals surface area contributed by atoms with Gasteiger partial charge >= 0.3 is 35.8 Å². The molecular weight excluding hydrogens is 1700 g/mol. The Morgan fingerprint density at radius 2 is 0.511 bits per heavy atom. The molecule has 750 valence electrons. The summed E-state index contributed by atoms with van der Waals surface area (Å²) in [5.74, 6) is 0.614. The van der Waals surface area contributed by atoms with Gasteiger partial charge in [0.2, 0.25) is 0 Å². The van der Waals surface area contributed by atoms with E-state index in [-0.39, 0.29) is 179 Å². The first kappa shape index (κ1) is 131. The zero-order valence-electron chi connectivity index (χ0n) is 76.4. The molecule has 0 heterocycles. The second-order valence-corrected chi connectivity index (χ2v) is 33.9. The van der Waals surface area contributed by atoms with E-state index < -0.39 is 16.2 Å². The molecule has 5 unspecified atom stereocenters. The molecule has 0 aromatic heterocycles. The van der Waals surface area contributed by atoms with Crippen LogP contribution in [0.2, 0.25) is 0 Å². The van der Waals surface area contributed by atoms with Crippen molar-refractivity contribution in [3.63, 3.8) is 0 Å². The van der Waals surface area contributed by atoms with E-state index in [4.69, 9.17) is 37.9 Å². The van der Waals surface area contributed by atoms with Gasteiger partial charge in [0.25, 0.3) is 0 Å². The zero-order chi connectivity index (χ0) is 90.5. The second-order valence-electron chi connectivity index (χ2n) is 33.9. The van der Waals surface area contributed by atoms with Crippen molar-refractivity contribution in [1.82, 2.24) is 0 Å². The van der Waals surface area contributed by atoms with Gasteiger partial charge in [-0.2, -0.15) is 0 Å². The van der Waals surface area contributed by atoms with Crippen molar-refractivity contribution >= 4 is 57.4 Å². The average Bonchev–Trinajstić information content (AvgIpc) is 1.62. The molecule has 2 aliphatic carbocycles. The van der Waals surface area contributed by atoms with Crippen LogP contribution in [0.1, 0.15) is 338 Å². The van der Waals surface area contributed by atoms with Gasteiger partial charge in [-0.1, -0.05) is 406 Å². The first-order chi connectivity index (χ1) is 59.9. The summed E-state index contributed by atoms with van der Waals surface area (Å²) in [6.07, 6.45) is 2.93. The van der Waals surface area contributed by atoms with Gasteiger partial charge in [0.05, 0.1) is 48.2 Å². The maximum Gasteiger partial charge on any atom is 0.312 e. The Balaban J connectivity index is -0.000000761. The van der Waals surface area contributed by atoms with Crippen LogP contribution >= 0.6 is 0 Å². The quantitative estimate of drug-likeness (QED) is 0.0370. The molecule has 0 saturated heterocycles. The van der Waals surface area contributed by atoms with Gasteiger partial charge in [0.15, 0.2) is 24.4 Å². The van der Waals surface area contributed by atoms with Crippen molar-refractivity contribution in [3.05, 3.63) is 347 Å². The summed E-state index contributed by atoms with van der Waals surface area (Å²) in [4.78, 5) is 73.2. The van der Waals surface area contributed by atoms with Crippen LogP contribution in [0.5, 0.6) is 11.5 Å². The summed E-state index contributed by atoms with van der Waals surface area (Å²) >= 11 is 0. The predicted molar refractivity (Wildman–Crippen MR) is 583 cm³/mol. The molecule has 12 aromatic carbocycles. The molecule has 0 N–H and O–H groups in total. The number of esters is 6. The molecule has 0 aliphatic heterocycles. The number of methoxy groups -OCH3 is 2. The van der Waals surface area contributed by atoms with E-state index in [1.54, 1.807) is 14.2 Å². The Hall–Kier alpha value is -12.4.